The molecule has 0 radical (unpaired) electrons. The molecule has 170 valence electrons. The highest BCUT2D eigenvalue weighted by Crippen LogP contribution is 2.23. The van der Waals surface area contributed by atoms with Gasteiger partial charge in [0.25, 0.3) is 5.91 Å². The van der Waals surface area contributed by atoms with E-state index in [2.05, 4.69) is 15.3 Å². The highest BCUT2D eigenvalue weighted by molar-refractivity contribution is 8.00. The van der Waals surface area contributed by atoms with Gasteiger partial charge >= 0.3 is 6.18 Å². The molecular formula is C20H18F3N3O3S3. The maximum atomic E-state index is 12.5. The summed E-state index contributed by atoms with van der Waals surface area (Å²) in [6.07, 6.45) is -3.14. The van der Waals surface area contributed by atoms with E-state index in [-0.39, 0.29) is 28.0 Å². The Hall–Kier alpha value is -2.44. The van der Waals surface area contributed by atoms with Crippen LogP contribution in [0.25, 0.3) is 0 Å². The normalized spacial score (nSPS) is 12.0. The van der Waals surface area contributed by atoms with Crippen molar-refractivity contribution in [2.45, 2.75) is 29.2 Å². The monoisotopic (exact) mass is 501 g/mol. The third-order valence-corrected chi connectivity index (χ3v) is 7.89. The van der Waals surface area contributed by atoms with E-state index < -0.39 is 22.4 Å². The Kier molecular flexibility index (Phi) is 7.91. The van der Waals surface area contributed by atoms with E-state index in [9.17, 15) is 26.4 Å². The van der Waals surface area contributed by atoms with Gasteiger partial charge in [-0.25, -0.2) is 18.4 Å². The van der Waals surface area contributed by atoms with Gasteiger partial charge in [-0.3, -0.25) is 4.79 Å². The van der Waals surface area contributed by atoms with Crippen molar-refractivity contribution in [1.29, 1.82) is 0 Å². The first-order valence-corrected chi connectivity index (χ1v) is 12.8. The molecule has 0 bridgehead atoms. The number of pyridine rings is 2. The number of amides is 1. The van der Waals surface area contributed by atoms with E-state index in [0.717, 1.165) is 35.0 Å². The molecule has 0 fully saturated rings. The van der Waals surface area contributed by atoms with Crippen LogP contribution in [0.15, 0.2) is 64.2 Å². The summed E-state index contributed by atoms with van der Waals surface area (Å²) in [5.74, 6) is -0.536. The summed E-state index contributed by atoms with van der Waals surface area (Å²) in [5.41, 5.74) is 0.221. The molecule has 0 aromatic carbocycles. The van der Waals surface area contributed by atoms with Crippen molar-refractivity contribution in [3.05, 3.63) is 70.2 Å². The van der Waals surface area contributed by atoms with Crippen LogP contribution in [0.5, 0.6) is 0 Å². The van der Waals surface area contributed by atoms with Crippen molar-refractivity contribution in [3.8, 4) is 0 Å². The molecule has 0 atom stereocenters. The number of nitrogens with one attached hydrogen (secondary N) is 1. The van der Waals surface area contributed by atoms with Gasteiger partial charge in [-0.1, -0.05) is 12.1 Å². The van der Waals surface area contributed by atoms with Gasteiger partial charge in [0, 0.05) is 23.0 Å². The number of thioether (sulfide) groups is 1. The van der Waals surface area contributed by atoms with E-state index in [4.69, 9.17) is 0 Å². The topological polar surface area (TPSA) is 89.0 Å². The lowest BCUT2D eigenvalue weighted by atomic mass is 10.2. The zero-order chi connectivity index (χ0) is 23.2. The second-order valence-electron chi connectivity index (χ2n) is 6.58. The molecule has 1 amide bonds. The van der Waals surface area contributed by atoms with Crippen LogP contribution in [0.1, 0.15) is 20.8 Å². The van der Waals surface area contributed by atoms with Crippen molar-refractivity contribution in [1.82, 2.24) is 15.3 Å². The van der Waals surface area contributed by atoms with Crippen LogP contribution in [0.2, 0.25) is 0 Å². The van der Waals surface area contributed by atoms with Gasteiger partial charge < -0.3 is 5.32 Å². The van der Waals surface area contributed by atoms with Crippen LogP contribution >= 0.6 is 23.1 Å². The van der Waals surface area contributed by atoms with Gasteiger partial charge in [0.05, 0.1) is 24.3 Å². The highest BCUT2D eigenvalue weighted by Gasteiger charge is 2.28. The molecule has 6 nitrogen and oxygen atoms in total. The van der Waals surface area contributed by atoms with Crippen molar-refractivity contribution < 1.29 is 26.4 Å². The van der Waals surface area contributed by atoms with Crippen LogP contribution in [0.4, 0.5) is 13.2 Å². The fraction of sp³-hybridized carbons (Fsp3) is 0.250. The summed E-state index contributed by atoms with van der Waals surface area (Å²) in [7, 11) is -3.80. The van der Waals surface area contributed by atoms with Gasteiger partial charge in [-0.15, -0.1) is 23.1 Å². The number of hydrogen-bond acceptors (Lipinski definition) is 7. The fourth-order valence-corrected chi connectivity index (χ4v) is 5.84. The van der Waals surface area contributed by atoms with Crippen molar-refractivity contribution >= 4 is 38.8 Å². The summed E-state index contributed by atoms with van der Waals surface area (Å²) >= 11 is 2.62. The molecule has 0 saturated heterocycles. The quantitative estimate of drug-likeness (QED) is 0.444. The fourth-order valence-electron chi connectivity index (χ4n) is 2.64. The molecule has 3 aromatic heterocycles. The average molecular weight is 502 g/mol. The predicted molar refractivity (Wildman–Crippen MR) is 116 cm³/mol. The van der Waals surface area contributed by atoms with Gasteiger partial charge in [0.2, 0.25) is 0 Å². The van der Waals surface area contributed by atoms with Gasteiger partial charge in [-0.05, 0) is 35.2 Å². The van der Waals surface area contributed by atoms with E-state index >= 15 is 0 Å². The second kappa shape index (κ2) is 10.5. The maximum absolute atomic E-state index is 12.5. The Bertz CT molecular complexity index is 1150. The number of hydrogen-bond donors (Lipinski definition) is 1. The number of thiophene rings is 1. The number of carbonyl (C=O) groups is 1. The summed E-state index contributed by atoms with van der Waals surface area (Å²) in [5, 5.41) is 4.81. The molecule has 0 aliphatic rings. The van der Waals surface area contributed by atoms with E-state index in [1.807, 2.05) is 17.5 Å². The highest BCUT2D eigenvalue weighted by atomic mass is 32.2. The number of sulfone groups is 1. The van der Waals surface area contributed by atoms with Crippen LogP contribution < -0.4 is 5.32 Å². The molecule has 0 aliphatic heterocycles. The lowest BCUT2D eigenvalue weighted by molar-refractivity contribution is -0.127. The minimum absolute atomic E-state index is 0.0938. The van der Waals surface area contributed by atoms with E-state index in [0.29, 0.717) is 17.1 Å². The number of nitrogens with zero attached hydrogens (tertiary/aromatic N) is 2. The molecule has 0 saturated carbocycles. The average Bonchev–Trinajstić information content (AvgIpc) is 3.25. The summed E-state index contributed by atoms with van der Waals surface area (Å²) in [6, 6.07) is 9.19. The Morgan fingerprint density at radius 2 is 1.94 bits per heavy atom. The summed E-state index contributed by atoms with van der Waals surface area (Å²) in [4.78, 5) is 21.4. The smallest absolute Gasteiger partial charge is 0.347 e. The van der Waals surface area contributed by atoms with Crippen LogP contribution in [0, 0.1) is 0 Å². The molecule has 32 heavy (non-hydrogen) atoms. The lowest BCUT2D eigenvalue weighted by Gasteiger charge is -2.09. The number of alkyl halides is 3. The zero-order valence-corrected chi connectivity index (χ0v) is 19.0. The number of halogens is 3. The second-order valence-corrected chi connectivity index (χ2v) is 10.8. The third kappa shape index (κ3) is 7.04. The number of carbonyl (C=O) groups excluding carboxylic acids is 1. The predicted octanol–water partition coefficient (Wildman–Crippen LogP) is 4.14. The maximum Gasteiger partial charge on any atom is 0.393 e. The van der Waals surface area contributed by atoms with Crippen LogP contribution in [-0.4, -0.2) is 42.0 Å². The molecule has 12 heteroatoms. The Morgan fingerprint density at radius 1 is 1.12 bits per heavy atom. The molecule has 0 unspecified atom stereocenters. The third-order valence-electron chi connectivity index (χ3n) is 4.13. The SMILES string of the molecule is O=C(NCc1cccs1)c1cccnc1SCCS(=O)(=O)c1ccc(CC(F)(F)F)cn1. The van der Waals surface area contributed by atoms with Crippen molar-refractivity contribution in [3.63, 3.8) is 0 Å². The van der Waals surface area contributed by atoms with Gasteiger partial charge in [0.1, 0.15) is 5.03 Å². The first-order chi connectivity index (χ1) is 15.1. The minimum atomic E-state index is -4.39. The first-order valence-electron chi connectivity index (χ1n) is 9.27. The Labute approximate surface area is 191 Å². The van der Waals surface area contributed by atoms with Gasteiger partial charge in [-0.2, -0.15) is 13.2 Å². The Balaban J connectivity index is 1.59. The van der Waals surface area contributed by atoms with Crippen molar-refractivity contribution in [2.24, 2.45) is 0 Å². The van der Waals surface area contributed by atoms with Crippen molar-refractivity contribution in [2.75, 3.05) is 11.5 Å². The molecule has 0 aliphatic carbocycles. The van der Waals surface area contributed by atoms with Crippen LogP contribution in [-0.2, 0) is 22.8 Å². The molecule has 3 rings (SSSR count). The summed E-state index contributed by atoms with van der Waals surface area (Å²) in [6.45, 7) is 0.375. The van der Waals surface area contributed by atoms with E-state index in [1.54, 1.807) is 12.1 Å². The Morgan fingerprint density at radius 3 is 2.59 bits per heavy atom. The molecule has 0 spiro atoms. The molecule has 3 aromatic rings. The van der Waals surface area contributed by atoms with Crippen LogP contribution in [0.3, 0.4) is 0 Å². The molecule has 3 heterocycles. The van der Waals surface area contributed by atoms with Gasteiger partial charge in [0.15, 0.2) is 14.9 Å². The zero-order valence-electron chi connectivity index (χ0n) is 16.5. The molecular weight excluding hydrogens is 483 g/mol. The lowest BCUT2D eigenvalue weighted by Crippen LogP contribution is -2.23. The largest absolute Gasteiger partial charge is 0.393 e. The summed E-state index contributed by atoms with van der Waals surface area (Å²) < 4.78 is 62.2. The number of rotatable bonds is 9. The van der Waals surface area contributed by atoms with E-state index in [1.165, 1.54) is 17.5 Å². The molecule has 1 N–H and O–H groups in total. The first kappa shape index (κ1) is 24.2. The number of aromatic nitrogens is 2. The minimum Gasteiger partial charge on any atom is -0.347 e. The standard InChI is InChI=1S/C20H18F3N3O3S3/c21-20(22,23)11-14-5-6-17(25-12-14)32(28,29)10-9-31-19-16(4-1-7-24-19)18(27)26-13-15-3-2-8-30-15/h1-8,12H,9-11,13H2,(H,26,27).